The number of hydrogen-bond donors (Lipinski definition) is 2. The SMILES string of the molecule is CCOc1ccc2ccccc2c1/C=N\NC(=S)NCCN1CCOCC1. The van der Waals surface area contributed by atoms with Gasteiger partial charge in [0.1, 0.15) is 5.75 Å². The zero-order valence-corrected chi connectivity index (χ0v) is 16.4. The first-order chi connectivity index (χ1) is 13.3. The Bertz CT molecular complexity index is 791. The molecule has 2 aromatic rings. The van der Waals surface area contributed by atoms with E-state index in [2.05, 4.69) is 38.9 Å². The van der Waals surface area contributed by atoms with Gasteiger partial charge in [0.05, 0.1) is 26.0 Å². The van der Waals surface area contributed by atoms with Gasteiger partial charge < -0.3 is 14.8 Å². The van der Waals surface area contributed by atoms with Crippen molar-refractivity contribution < 1.29 is 9.47 Å². The summed E-state index contributed by atoms with van der Waals surface area (Å²) in [5.41, 5.74) is 3.84. The van der Waals surface area contributed by atoms with Crippen LogP contribution in [-0.4, -0.2) is 62.2 Å². The first-order valence-corrected chi connectivity index (χ1v) is 9.70. The van der Waals surface area contributed by atoms with Crippen LogP contribution >= 0.6 is 12.2 Å². The van der Waals surface area contributed by atoms with Crippen LogP contribution in [0, 0.1) is 0 Å². The third-order valence-corrected chi connectivity index (χ3v) is 4.64. The summed E-state index contributed by atoms with van der Waals surface area (Å²) in [6.45, 7) is 7.85. The molecule has 0 spiro atoms. The maximum atomic E-state index is 5.75. The Kier molecular flexibility index (Phi) is 7.38. The van der Waals surface area contributed by atoms with Crippen LogP contribution in [0.3, 0.4) is 0 Å². The molecule has 0 saturated carbocycles. The molecule has 2 N–H and O–H groups in total. The van der Waals surface area contributed by atoms with E-state index in [0.717, 1.165) is 61.5 Å². The second kappa shape index (κ2) is 10.2. The van der Waals surface area contributed by atoms with Gasteiger partial charge in [0.25, 0.3) is 0 Å². The van der Waals surface area contributed by atoms with Crippen molar-refractivity contribution in [3.8, 4) is 5.75 Å². The van der Waals surface area contributed by atoms with Crippen molar-refractivity contribution >= 4 is 34.3 Å². The molecule has 3 rings (SSSR count). The van der Waals surface area contributed by atoms with Gasteiger partial charge in [0.15, 0.2) is 5.11 Å². The maximum absolute atomic E-state index is 5.75. The molecule has 0 aromatic heterocycles. The lowest BCUT2D eigenvalue weighted by atomic mass is 10.0. The molecule has 0 unspecified atom stereocenters. The van der Waals surface area contributed by atoms with Gasteiger partial charge in [-0.05, 0) is 36.0 Å². The molecule has 1 aliphatic rings. The smallest absolute Gasteiger partial charge is 0.187 e. The van der Waals surface area contributed by atoms with Crippen molar-refractivity contribution in [3.05, 3.63) is 42.0 Å². The minimum absolute atomic E-state index is 0.512. The number of morpholine rings is 1. The molecule has 1 aliphatic heterocycles. The lowest BCUT2D eigenvalue weighted by Gasteiger charge is -2.26. The van der Waals surface area contributed by atoms with Gasteiger partial charge in [-0.15, -0.1) is 0 Å². The average Bonchev–Trinajstić information content (AvgIpc) is 2.70. The second-order valence-electron chi connectivity index (χ2n) is 6.21. The molecular formula is C20H26N4O2S. The number of nitrogens with zero attached hydrogens (tertiary/aromatic N) is 2. The monoisotopic (exact) mass is 386 g/mol. The summed E-state index contributed by atoms with van der Waals surface area (Å²) >= 11 is 5.31. The number of ether oxygens (including phenoxy) is 2. The number of nitrogens with one attached hydrogen (secondary N) is 2. The number of fused-ring (bicyclic) bond motifs is 1. The van der Waals surface area contributed by atoms with Crippen LogP contribution in [0.15, 0.2) is 41.5 Å². The minimum Gasteiger partial charge on any atom is -0.493 e. The van der Waals surface area contributed by atoms with E-state index in [4.69, 9.17) is 21.7 Å². The molecule has 0 bridgehead atoms. The Morgan fingerprint density at radius 3 is 2.89 bits per heavy atom. The molecule has 27 heavy (non-hydrogen) atoms. The molecule has 1 saturated heterocycles. The summed E-state index contributed by atoms with van der Waals surface area (Å²) in [4.78, 5) is 2.35. The Balaban J connectivity index is 1.56. The van der Waals surface area contributed by atoms with Gasteiger partial charge in [-0.1, -0.05) is 30.3 Å². The zero-order chi connectivity index (χ0) is 18.9. The van der Waals surface area contributed by atoms with Crippen LogP contribution in [-0.2, 0) is 4.74 Å². The predicted molar refractivity (Wildman–Crippen MR) is 114 cm³/mol. The lowest BCUT2D eigenvalue weighted by Crippen LogP contribution is -2.42. The normalized spacial score (nSPS) is 15.1. The number of benzene rings is 2. The highest BCUT2D eigenvalue weighted by Crippen LogP contribution is 2.26. The highest BCUT2D eigenvalue weighted by molar-refractivity contribution is 7.80. The summed E-state index contributed by atoms with van der Waals surface area (Å²) in [6.07, 6.45) is 1.77. The van der Waals surface area contributed by atoms with E-state index in [9.17, 15) is 0 Å². The Morgan fingerprint density at radius 2 is 2.07 bits per heavy atom. The molecule has 0 radical (unpaired) electrons. The summed E-state index contributed by atoms with van der Waals surface area (Å²) in [6, 6.07) is 12.2. The van der Waals surface area contributed by atoms with E-state index >= 15 is 0 Å². The largest absolute Gasteiger partial charge is 0.493 e. The summed E-state index contributed by atoms with van der Waals surface area (Å²) in [5, 5.41) is 10.2. The van der Waals surface area contributed by atoms with Gasteiger partial charge in [0, 0.05) is 31.7 Å². The van der Waals surface area contributed by atoms with E-state index in [1.807, 2.05) is 25.1 Å². The standard InChI is InChI=1S/C20H26N4O2S/c1-2-26-19-8-7-16-5-3-4-6-17(16)18(19)15-22-23-20(27)21-9-10-24-11-13-25-14-12-24/h3-8,15H,2,9-14H2,1H3,(H2,21,23,27)/b22-15-. The fourth-order valence-corrected chi connectivity index (χ4v) is 3.19. The average molecular weight is 387 g/mol. The van der Waals surface area contributed by atoms with Gasteiger partial charge in [-0.2, -0.15) is 5.10 Å². The summed E-state index contributed by atoms with van der Waals surface area (Å²) in [5.74, 6) is 0.813. The summed E-state index contributed by atoms with van der Waals surface area (Å²) < 4.78 is 11.1. The van der Waals surface area contributed by atoms with Gasteiger partial charge in [-0.25, -0.2) is 0 Å². The van der Waals surface area contributed by atoms with Crippen LogP contribution in [0.1, 0.15) is 12.5 Å². The van der Waals surface area contributed by atoms with Crippen molar-refractivity contribution in [2.45, 2.75) is 6.92 Å². The van der Waals surface area contributed by atoms with Crippen molar-refractivity contribution in [1.82, 2.24) is 15.6 Å². The molecule has 2 aromatic carbocycles. The van der Waals surface area contributed by atoms with Gasteiger partial charge in [0.2, 0.25) is 0 Å². The van der Waals surface area contributed by atoms with E-state index in [1.165, 1.54) is 0 Å². The first-order valence-electron chi connectivity index (χ1n) is 9.29. The number of rotatable bonds is 7. The van der Waals surface area contributed by atoms with E-state index in [0.29, 0.717) is 11.7 Å². The van der Waals surface area contributed by atoms with E-state index < -0.39 is 0 Å². The topological polar surface area (TPSA) is 58.1 Å². The van der Waals surface area contributed by atoms with Gasteiger partial charge in [-0.3, -0.25) is 10.3 Å². The van der Waals surface area contributed by atoms with Crippen LogP contribution in [0.25, 0.3) is 10.8 Å². The van der Waals surface area contributed by atoms with Gasteiger partial charge >= 0.3 is 0 Å². The lowest BCUT2D eigenvalue weighted by molar-refractivity contribution is 0.0389. The highest BCUT2D eigenvalue weighted by atomic mass is 32.1. The first kappa shape index (κ1) is 19.5. The molecule has 1 fully saturated rings. The molecule has 1 heterocycles. The van der Waals surface area contributed by atoms with Crippen molar-refractivity contribution in [2.75, 3.05) is 46.0 Å². The fraction of sp³-hybridized carbons (Fsp3) is 0.400. The number of hydrazone groups is 1. The molecule has 0 atom stereocenters. The molecule has 6 nitrogen and oxygen atoms in total. The van der Waals surface area contributed by atoms with Crippen LogP contribution < -0.4 is 15.5 Å². The Hall–Kier alpha value is -2.22. The van der Waals surface area contributed by atoms with E-state index in [-0.39, 0.29) is 0 Å². The third-order valence-electron chi connectivity index (χ3n) is 4.41. The zero-order valence-electron chi connectivity index (χ0n) is 15.6. The van der Waals surface area contributed by atoms with Crippen LogP contribution in [0.4, 0.5) is 0 Å². The maximum Gasteiger partial charge on any atom is 0.187 e. The molecule has 144 valence electrons. The third kappa shape index (κ3) is 5.63. The minimum atomic E-state index is 0.512. The highest BCUT2D eigenvalue weighted by Gasteiger charge is 2.09. The summed E-state index contributed by atoms with van der Waals surface area (Å²) in [7, 11) is 0. The van der Waals surface area contributed by atoms with Crippen molar-refractivity contribution in [1.29, 1.82) is 0 Å². The quantitative estimate of drug-likeness (QED) is 0.433. The molecule has 0 aliphatic carbocycles. The van der Waals surface area contributed by atoms with Crippen LogP contribution in [0.5, 0.6) is 5.75 Å². The molecule has 7 heteroatoms. The second-order valence-corrected chi connectivity index (χ2v) is 6.62. The molecular weight excluding hydrogens is 360 g/mol. The van der Waals surface area contributed by atoms with Crippen molar-refractivity contribution in [2.24, 2.45) is 5.10 Å². The Morgan fingerprint density at radius 1 is 1.26 bits per heavy atom. The number of thiocarbonyl (C=S) groups is 1. The van der Waals surface area contributed by atoms with Crippen molar-refractivity contribution in [3.63, 3.8) is 0 Å². The Labute approximate surface area is 165 Å². The molecule has 0 amide bonds. The fourth-order valence-electron chi connectivity index (χ4n) is 3.04. The predicted octanol–water partition coefficient (Wildman–Crippen LogP) is 2.37. The van der Waals surface area contributed by atoms with Crippen LogP contribution in [0.2, 0.25) is 0 Å². The number of hydrogen-bond acceptors (Lipinski definition) is 5. The van der Waals surface area contributed by atoms with E-state index in [1.54, 1.807) is 6.21 Å².